The summed E-state index contributed by atoms with van der Waals surface area (Å²) in [6.45, 7) is 3.33. The van der Waals surface area contributed by atoms with Crippen LogP contribution >= 0.6 is 0 Å². The summed E-state index contributed by atoms with van der Waals surface area (Å²) >= 11 is 0. The fourth-order valence-electron chi connectivity index (χ4n) is 3.17. The number of hydrogen-bond donors (Lipinski definition) is 1. The van der Waals surface area contributed by atoms with E-state index < -0.39 is 0 Å². The molecular weight excluding hydrogens is 232 g/mol. The Morgan fingerprint density at radius 1 is 1.32 bits per heavy atom. The van der Waals surface area contributed by atoms with Crippen molar-refractivity contribution < 1.29 is 0 Å². The molecule has 1 aliphatic rings. The molecule has 1 unspecified atom stereocenters. The molecule has 1 fully saturated rings. The number of rotatable bonds is 7. The molecule has 106 valence electrons. The summed E-state index contributed by atoms with van der Waals surface area (Å²) < 4.78 is 0. The Hall–Kier alpha value is -0.890. The average Bonchev–Trinajstić information content (AvgIpc) is 2.49. The van der Waals surface area contributed by atoms with Gasteiger partial charge in [-0.1, -0.05) is 45.1 Å². The summed E-state index contributed by atoms with van der Waals surface area (Å²) in [5.41, 5.74) is 1.35. The van der Waals surface area contributed by atoms with Crippen molar-refractivity contribution in [3.8, 4) is 0 Å². The molecule has 2 nitrogen and oxygen atoms in total. The lowest BCUT2D eigenvalue weighted by Gasteiger charge is -2.25. The Balaban J connectivity index is 1.86. The van der Waals surface area contributed by atoms with E-state index in [9.17, 15) is 0 Å². The average molecular weight is 260 g/mol. The van der Waals surface area contributed by atoms with E-state index >= 15 is 0 Å². The van der Waals surface area contributed by atoms with Crippen molar-refractivity contribution in [3.05, 3.63) is 30.1 Å². The van der Waals surface area contributed by atoms with E-state index in [2.05, 4.69) is 29.4 Å². The molecule has 1 aromatic heterocycles. The van der Waals surface area contributed by atoms with Gasteiger partial charge < -0.3 is 5.32 Å². The Bertz CT molecular complexity index is 330. The molecule has 2 rings (SSSR count). The number of nitrogens with one attached hydrogen (secondary N) is 1. The fourth-order valence-corrected chi connectivity index (χ4v) is 3.17. The van der Waals surface area contributed by atoms with Gasteiger partial charge in [0.25, 0.3) is 0 Å². The van der Waals surface area contributed by atoms with E-state index in [1.165, 1.54) is 56.9 Å². The van der Waals surface area contributed by atoms with Crippen LogP contribution in [0, 0.1) is 5.92 Å². The number of aromatic nitrogens is 1. The maximum absolute atomic E-state index is 4.27. The van der Waals surface area contributed by atoms with E-state index in [-0.39, 0.29) is 0 Å². The Kier molecular flexibility index (Phi) is 6.35. The highest BCUT2D eigenvalue weighted by atomic mass is 14.9. The Morgan fingerprint density at radius 2 is 2.16 bits per heavy atom. The van der Waals surface area contributed by atoms with Crippen LogP contribution < -0.4 is 5.32 Å². The first-order chi connectivity index (χ1) is 9.40. The molecule has 0 saturated heterocycles. The van der Waals surface area contributed by atoms with Crippen molar-refractivity contribution in [2.45, 2.75) is 64.3 Å². The van der Waals surface area contributed by atoms with Crippen molar-refractivity contribution in [1.29, 1.82) is 0 Å². The minimum absolute atomic E-state index is 0.496. The van der Waals surface area contributed by atoms with E-state index in [0.717, 1.165) is 12.5 Å². The van der Waals surface area contributed by atoms with Gasteiger partial charge in [0.05, 0.1) is 0 Å². The summed E-state index contributed by atoms with van der Waals surface area (Å²) in [7, 11) is 0. The second-order valence-corrected chi connectivity index (χ2v) is 5.87. The van der Waals surface area contributed by atoms with Gasteiger partial charge in [0.15, 0.2) is 0 Å². The molecule has 0 bridgehead atoms. The van der Waals surface area contributed by atoms with Crippen molar-refractivity contribution in [2.24, 2.45) is 5.92 Å². The van der Waals surface area contributed by atoms with E-state index in [0.29, 0.717) is 6.04 Å². The third kappa shape index (κ3) is 4.94. The fraction of sp³-hybridized carbons (Fsp3) is 0.706. The van der Waals surface area contributed by atoms with Gasteiger partial charge in [-0.25, -0.2) is 0 Å². The van der Waals surface area contributed by atoms with Crippen LogP contribution in [0.5, 0.6) is 0 Å². The van der Waals surface area contributed by atoms with Crippen LogP contribution in [0.2, 0.25) is 0 Å². The van der Waals surface area contributed by atoms with Gasteiger partial charge in [-0.2, -0.15) is 0 Å². The highest BCUT2D eigenvalue weighted by molar-refractivity contribution is 5.13. The van der Waals surface area contributed by atoms with Crippen LogP contribution in [0.15, 0.2) is 24.5 Å². The van der Waals surface area contributed by atoms with Crippen molar-refractivity contribution >= 4 is 0 Å². The topological polar surface area (TPSA) is 24.9 Å². The zero-order valence-electron chi connectivity index (χ0n) is 12.3. The quantitative estimate of drug-likeness (QED) is 0.781. The minimum atomic E-state index is 0.496. The van der Waals surface area contributed by atoms with Gasteiger partial charge in [0.1, 0.15) is 0 Å². The zero-order chi connectivity index (χ0) is 13.3. The first-order valence-electron chi connectivity index (χ1n) is 8.03. The van der Waals surface area contributed by atoms with Crippen LogP contribution in [-0.4, -0.2) is 11.5 Å². The summed E-state index contributed by atoms with van der Waals surface area (Å²) in [4.78, 5) is 4.27. The lowest BCUT2D eigenvalue weighted by atomic mass is 9.84. The lowest BCUT2D eigenvalue weighted by Crippen LogP contribution is -2.23. The molecule has 0 radical (unpaired) electrons. The smallest absolute Gasteiger partial charge is 0.0335 e. The van der Waals surface area contributed by atoms with Crippen molar-refractivity contribution in [1.82, 2.24) is 10.3 Å². The molecule has 1 aliphatic carbocycles. The normalized spacial score (nSPS) is 18.4. The van der Waals surface area contributed by atoms with Gasteiger partial charge in [0, 0.05) is 18.4 Å². The molecule has 1 heterocycles. The third-order valence-electron chi connectivity index (χ3n) is 4.32. The van der Waals surface area contributed by atoms with Crippen LogP contribution in [0.1, 0.15) is 69.9 Å². The Labute approximate surface area is 118 Å². The van der Waals surface area contributed by atoms with Gasteiger partial charge >= 0.3 is 0 Å². The number of nitrogens with zero attached hydrogens (tertiary/aromatic N) is 1. The SMILES string of the molecule is CCCNC(CCC1CCCCC1)c1cccnc1. The molecule has 2 heteroatoms. The Morgan fingerprint density at radius 3 is 2.84 bits per heavy atom. The monoisotopic (exact) mass is 260 g/mol. The maximum Gasteiger partial charge on any atom is 0.0335 e. The highest BCUT2D eigenvalue weighted by Crippen LogP contribution is 2.30. The summed E-state index contributed by atoms with van der Waals surface area (Å²) in [6, 6.07) is 4.76. The third-order valence-corrected chi connectivity index (χ3v) is 4.32. The van der Waals surface area contributed by atoms with E-state index in [1.807, 2.05) is 12.4 Å². The van der Waals surface area contributed by atoms with Gasteiger partial charge in [-0.15, -0.1) is 0 Å². The first kappa shape index (κ1) is 14.5. The number of pyridine rings is 1. The van der Waals surface area contributed by atoms with Gasteiger partial charge in [-0.3, -0.25) is 4.98 Å². The summed E-state index contributed by atoms with van der Waals surface area (Å²) in [5.74, 6) is 0.969. The van der Waals surface area contributed by atoms with Gasteiger partial charge in [0.2, 0.25) is 0 Å². The molecule has 19 heavy (non-hydrogen) atoms. The summed E-state index contributed by atoms with van der Waals surface area (Å²) in [6.07, 6.45) is 15.0. The van der Waals surface area contributed by atoms with Gasteiger partial charge in [-0.05, 0) is 43.4 Å². The lowest BCUT2D eigenvalue weighted by molar-refractivity contribution is 0.314. The molecule has 1 saturated carbocycles. The molecular formula is C17H28N2. The molecule has 0 amide bonds. The van der Waals surface area contributed by atoms with Crippen LogP contribution in [-0.2, 0) is 0 Å². The molecule has 1 aromatic rings. The van der Waals surface area contributed by atoms with Crippen LogP contribution in [0.25, 0.3) is 0 Å². The standard InChI is InChI=1S/C17H28N2/c1-2-12-19-17(16-9-6-13-18-14-16)11-10-15-7-4-3-5-8-15/h6,9,13-15,17,19H,2-5,7-8,10-12H2,1H3. The molecule has 1 N–H and O–H groups in total. The zero-order valence-corrected chi connectivity index (χ0v) is 12.3. The number of hydrogen-bond acceptors (Lipinski definition) is 2. The maximum atomic E-state index is 4.27. The van der Waals surface area contributed by atoms with Crippen LogP contribution in [0.4, 0.5) is 0 Å². The van der Waals surface area contributed by atoms with E-state index in [1.54, 1.807) is 0 Å². The second kappa shape index (κ2) is 8.31. The highest BCUT2D eigenvalue weighted by Gasteiger charge is 2.17. The predicted molar refractivity (Wildman–Crippen MR) is 81.1 cm³/mol. The minimum Gasteiger partial charge on any atom is -0.310 e. The van der Waals surface area contributed by atoms with Crippen molar-refractivity contribution in [3.63, 3.8) is 0 Å². The largest absolute Gasteiger partial charge is 0.310 e. The van der Waals surface area contributed by atoms with Crippen LogP contribution in [0.3, 0.4) is 0 Å². The molecule has 0 spiro atoms. The van der Waals surface area contributed by atoms with E-state index in [4.69, 9.17) is 0 Å². The molecule has 0 aromatic carbocycles. The summed E-state index contributed by atoms with van der Waals surface area (Å²) in [5, 5.41) is 3.69. The van der Waals surface area contributed by atoms with Crippen molar-refractivity contribution in [2.75, 3.05) is 6.54 Å². The first-order valence-corrected chi connectivity index (χ1v) is 8.03. The molecule has 0 aliphatic heterocycles. The predicted octanol–water partition coefficient (Wildman–Crippen LogP) is 4.48. The molecule has 1 atom stereocenters. The second-order valence-electron chi connectivity index (χ2n) is 5.87.